The first-order valence-corrected chi connectivity index (χ1v) is 29.6. The minimum absolute atomic E-state index is 0.574. The number of hydrogen-bond donors (Lipinski definition) is 0. The number of unbranched alkanes of at least 4 members (excludes halogenated alkanes) is 1. The molecular formula is C40H38Cl2O2P2Sn. The van der Waals surface area contributed by atoms with Crippen LogP contribution in [0.4, 0.5) is 0 Å². The van der Waals surface area contributed by atoms with E-state index in [4.69, 9.17) is 17.8 Å². The molecule has 2 nitrogen and oxygen atoms in total. The van der Waals surface area contributed by atoms with Crippen LogP contribution in [-0.2, 0) is 9.13 Å². The van der Waals surface area contributed by atoms with Crippen molar-refractivity contribution < 1.29 is 9.13 Å². The van der Waals surface area contributed by atoms with E-state index < -0.39 is 30.4 Å². The molecule has 0 saturated carbocycles. The molecule has 0 amide bonds. The van der Waals surface area contributed by atoms with Crippen molar-refractivity contribution >= 4 is 76.6 Å². The van der Waals surface area contributed by atoms with Gasteiger partial charge in [0, 0.05) is 33.5 Å². The van der Waals surface area contributed by atoms with Gasteiger partial charge in [0.15, 0.2) is 0 Å². The van der Waals surface area contributed by atoms with Crippen LogP contribution in [-0.4, -0.2) is 28.4 Å². The second kappa shape index (κ2) is 17.0. The third-order valence-corrected chi connectivity index (χ3v) is 26.5. The van der Waals surface area contributed by atoms with E-state index in [9.17, 15) is 9.13 Å². The first-order valence-electron chi connectivity index (χ1n) is 15.7. The summed E-state index contributed by atoms with van der Waals surface area (Å²) in [5.41, 5.74) is 0. The summed E-state index contributed by atoms with van der Waals surface area (Å²) in [6.07, 6.45) is 2.66. The van der Waals surface area contributed by atoms with Crippen LogP contribution in [0.1, 0.15) is 12.8 Å². The van der Waals surface area contributed by atoms with Gasteiger partial charge in [-0.25, -0.2) is 0 Å². The average Bonchev–Trinajstić information content (AvgIpc) is 3.15. The second-order valence-electron chi connectivity index (χ2n) is 11.3. The van der Waals surface area contributed by atoms with Crippen LogP contribution in [0.3, 0.4) is 0 Å². The third-order valence-electron chi connectivity index (χ3n) is 8.16. The molecule has 0 heterocycles. The van der Waals surface area contributed by atoms with E-state index in [1.165, 1.54) is 0 Å². The zero-order valence-electron chi connectivity index (χ0n) is 26.1. The minimum atomic E-state index is -3.30. The molecule has 0 bridgehead atoms. The first kappa shape index (κ1) is 35.5. The quantitative estimate of drug-likeness (QED) is 0.0749. The van der Waals surface area contributed by atoms with Crippen molar-refractivity contribution in [1.29, 1.82) is 0 Å². The van der Waals surface area contributed by atoms with E-state index in [0.29, 0.717) is 12.3 Å². The van der Waals surface area contributed by atoms with Crippen LogP contribution >= 0.6 is 32.1 Å². The molecule has 0 radical (unpaired) electrons. The molecule has 0 aromatic heterocycles. The molecule has 47 heavy (non-hydrogen) atoms. The molecule has 0 aliphatic carbocycles. The van der Waals surface area contributed by atoms with Gasteiger partial charge in [0.1, 0.15) is 14.3 Å². The molecule has 0 atom stereocenters. The molecule has 6 aromatic rings. The van der Waals surface area contributed by atoms with E-state index in [1.807, 2.05) is 182 Å². The molecule has 6 aromatic carbocycles. The summed E-state index contributed by atoms with van der Waals surface area (Å²) in [5, 5.41) is 3.56. The van der Waals surface area contributed by atoms with Gasteiger partial charge in [0.2, 0.25) is 0 Å². The number of halogens is 2. The number of benzene rings is 6. The van der Waals surface area contributed by atoms with E-state index >= 15 is 0 Å². The Bertz CT molecular complexity index is 1670. The molecular weight excluding hydrogens is 764 g/mol. The zero-order chi connectivity index (χ0) is 33.0. The SMILES string of the molecule is O=P(CCCCP(=O)(c1ccccc1)c1ccccc1)(c1ccccc1)c1ccccc1.[Cl][Sn]([Cl])([c]1ccccc1)[c]1ccccc1. The summed E-state index contributed by atoms with van der Waals surface area (Å²) in [4.78, 5) is 0. The van der Waals surface area contributed by atoms with Gasteiger partial charge in [-0.3, -0.25) is 0 Å². The molecule has 6 rings (SSSR count). The second-order valence-corrected chi connectivity index (χ2v) is 32.7. The van der Waals surface area contributed by atoms with Crippen LogP contribution < -0.4 is 28.4 Å². The molecule has 0 N–H and O–H groups in total. The van der Waals surface area contributed by atoms with Gasteiger partial charge in [-0.1, -0.05) is 121 Å². The van der Waals surface area contributed by atoms with E-state index in [1.54, 1.807) is 0 Å². The van der Waals surface area contributed by atoms with Crippen molar-refractivity contribution in [2.24, 2.45) is 0 Å². The number of rotatable bonds is 11. The van der Waals surface area contributed by atoms with Crippen LogP contribution in [0.25, 0.3) is 0 Å². The Labute approximate surface area is 290 Å². The maximum absolute atomic E-state index is 14.2. The van der Waals surface area contributed by atoms with Crippen molar-refractivity contribution in [1.82, 2.24) is 0 Å². The predicted molar refractivity (Wildman–Crippen MR) is 208 cm³/mol. The maximum atomic E-state index is 14.2. The summed E-state index contributed by atoms with van der Waals surface area (Å²) in [7, 11) is 7.65. The zero-order valence-corrected chi connectivity index (χ0v) is 32.3. The van der Waals surface area contributed by atoms with E-state index in [0.717, 1.165) is 41.2 Å². The standard InChI is InChI=1S/C28H28O2P2.2C6H5.2ClH.Sn/c29-31(25-15-5-1-6-16-25,26-17-7-2-8-18-26)23-13-14-24-32(30,27-19-9-3-10-20-27)28-21-11-4-12-22-28;2*1-2-4-6-5-3-1;;;/h1-12,15-22H,13-14,23-24H2;2*1-5H;2*1H;/q;;;;;+2/p-2. The van der Waals surface area contributed by atoms with E-state index in [-0.39, 0.29) is 0 Å². The predicted octanol–water partition coefficient (Wildman–Crippen LogP) is 8.52. The molecule has 0 spiro atoms. The molecule has 0 aliphatic heterocycles. The molecule has 7 heteroatoms. The Balaban J connectivity index is 0.000000241. The Hall–Kier alpha value is -2.84. The molecule has 238 valence electrons. The Morgan fingerprint density at radius 2 is 0.574 bits per heavy atom. The third kappa shape index (κ3) is 8.99. The summed E-state index contributed by atoms with van der Waals surface area (Å²) >= 11 is -3.30. The topological polar surface area (TPSA) is 34.1 Å². The monoisotopic (exact) mass is 802 g/mol. The van der Waals surface area contributed by atoms with Gasteiger partial charge < -0.3 is 9.13 Å². The fourth-order valence-corrected chi connectivity index (χ4v) is 19.0. The fraction of sp³-hybridized carbons (Fsp3) is 0.100. The molecule has 0 unspecified atom stereocenters. The van der Waals surface area contributed by atoms with Crippen molar-refractivity contribution in [3.05, 3.63) is 182 Å². The van der Waals surface area contributed by atoms with Crippen LogP contribution in [0.2, 0.25) is 0 Å². The van der Waals surface area contributed by atoms with Crippen LogP contribution in [0.5, 0.6) is 0 Å². The summed E-state index contributed by atoms with van der Waals surface area (Å²) in [6.45, 7) is 0. The fourth-order valence-electron chi connectivity index (χ4n) is 5.62. The van der Waals surface area contributed by atoms with Gasteiger partial charge in [0.05, 0.1) is 0 Å². The Morgan fingerprint density at radius 3 is 0.809 bits per heavy atom. The van der Waals surface area contributed by atoms with Gasteiger partial charge in [-0.05, 0) is 12.8 Å². The Morgan fingerprint density at radius 1 is 0.362 bits per heavy atom. The summed E-state index contributed by atoms with van der Waals surface area (Å²) in [5.74, 6) is 0. The Kier molecular flexibility index (Phi) is 12.8. The number of hydrogen-bond acceptors (Lipinski definition) is 2. The van der Waals surface area contributed by atoms with Crippen molar-refractivity contribution in [2.45, 2.75) is 12.8 Å². The molecule has 0 aliphatic rings. The summed E-state index contributed by atoms with van der Waals surface area (Å²) < 4.78 is 30.6. The van der Waals surface area contributed by atoms with Crippen LogP contribution in [0, 0.1) is 0 Å². The normalized spacial score (nSPS) is 11.7. The van der Waals surface area contributed by atoms with Crippen molar-refractivity contribution in [3.63, 3.8) is 0 Å². The average molecular weight is 802 g/mol. The van der Waals surface area contributed by atoms with Crippen LogP contribution in [0.15, 0.2) is 182 Å². The van der Waals surface area contributed by atoms with Gasteiger partial charge in [0.25, 0.3) is 0 Å². The van der Waals surface area contributed by atoms with Crippen molar-refractivity contribution in [2.75, 3.05) is 12.3 Å². The molecule has 0 fully saturated rings. The van der Waals surface area contributed by atoms with Gasteiger partial charge in [-0.2, -0.15) is 0 Å². The first-order chi connectivity index (χ1) is 22.8. The molecule has 0 saturated heterocycles. The van der Waals surface area contributed by atoms with E-state index in [2.05, 4.69) is 0 Å². The van der Waals surface area contributed by atoms with Gasteiger partial charge >= 0.3 is 102 Å². The van der Waals surface area contributed by atoms with Crippen molar-refractivity contribution in [3.8, 4) is 0 Å². The summed E-state index contributed by atoms with van der Waals surface area (Å²) in [6, 6.07) is 59.1. The van der Waals surface area contributed by atoms with Gasteiger partial charge in [-0.15, -0.1) is 0 Å².